The Bertz CT molecular complexity index is 928. The lowest BCUT2D eigenvalue weighted by molar-refractivity contribution is 1.57. The van der Waals surface area contributed by atoms with Crippen LogP contribution in [-0.2, 0) is 0 Å². The van der Waals surface area contributed by atoms with Gasteiger partial charge in [-0.1, -0.05) is 78.9 Å². The molecule has 0 saturated carbocycles. The number of anilines is 2. The molecule has 4 rings (SSSR count). The molecule has 0 aliphatic rings. The fraction of sp³-hybridized carbons (Fsp3) is 0. The van der Waals surface area contributed by atoms with Crippen LogP contribution >= 0.6 is 0 Å². The highest BCUT2D eigenvalue weighted by molar-refractivity contribution is 6.04. The molecule has 0 atom stereocenters. The minimum absolute atomic E-state index is 1.10. The summed E-state index contributed by atoms with van der Waals surface area (Å²) >= 11 is 0. The number of hydrogen-bond donors (Lipinski definition) is 1. The van der Waals surface area contributed by atoms with Crippen molar-refractivity contribution in [1.82, 2.24) is 0 Å². The molecule has 1 nitrogen and oxygen atoms in total. The highest BCUT2D eigenvalue weighted by Crippen LogP contribution is 2.34. The number of benzene rings is 4. The van der Waals surface area contributed by atoms with Crippen molar-refractivity contribution in [3.63, 3.8) is 0 Å². The van der Waals surface area contributed by atoms with E-state index in [1.54, 1.807) is 0 Å². The van der Waals surface area contributed by atoms with Crippen LogP contribution in [0.25, 0.3) is 21.9 Å². The minimum Gasteiger partial charge on any atom is -0.355 e. The topological polar surface area (TPSA) is 12.0 Å². The molecule has 0 heterocycles. The monoisotopic (exact) mass is 295 g/mol. The number of nitrogens with one attached hydrogen (secondary N) is 1. The Morgan fingerprint density at radius 2 is 1.09 bits per heavy atom. The fourth-order valence-electron chi connectivity index (χ4n) is 2.95. The van der Waals surface area contributed by atoms with Gasteiger partial charge in [0.2, 0.25) is 0 Å². The molecule has 0 fully saturated rings. The quantitative estimate of drug-likeness (QED) is 0.471. The molecule has 0 bridgehead atoms. The second-order valence-electron chi connectivity index (χ2n) is 5.56. The van der Waals surface area contributed by atoms with Gasteiger partial charge in [0.25, 0.3) is 0 Å². The van der Waals surface area contributed by atoms with Crippen LogP contribution in [-0.4, -0.2) is 0 Å². The molecule has 1 N–H and O–H groups in total. The van der Waals surface area contributed by atoms with Gasteiger partial charge >= 0.3 is 0 Å². The van der Waals surface area contributed by atoms with Gasteiger partial charge in [-0.2, -0.15) is 0 Å². The van der Waals surface area contributed by atoms with Crippen molar-refractivity contribution in [1.29, 1.82) is 0 Å². The molecule has 0 aliphatic heterocycles. The van der Waals surface area contributed by atoms with Crippen molar-refractivity contribution >= 4 is 22.1 Å². The lowest BCUT2D eigenvalue weighted by Crippen LogP contribution is -1.92. The number of rotatable bonds is 3. The SMILES string of the molecule is c1ccc(Nc2ccc(-c3ccccc3)c3ccccc23)cc1. The molecule has 0 amide bonds. The van der Waals surface area contributed by atoms with Crippen molar-refractivity contribution in [3.8, 4) is 11.1 Å². The molecule has 0 radical (unpaired) electrons. The Kier molecular flexibility index (Phi) is 3.53. The van der Waals surface area contributed by atoms with Gasteiger partial charge in [-0.25, -0.2) is 0 Å². The predicted molar refractivity (Wildman–Crippen MR) is 99.1 cm³/mol. The molecule has 23 heavy (non-hydrogen) atoms. The summed E-state index contributed by atoms with van der Waals surface area (Å²) in [6.07, 6.45) is 0. The highest BCUT2D eigenvalue weighted by Gasteiger charge is 2.07. The van der Waals surface area contributed by atoms with Gasteiger partial charge in [0.1, 0.15) is 0 Å². The Morgan fingerprint density at radius 1 is 0.478 bits per heavy atom. The maximum Gasteiger partial charge on any atom is 0.0464 e. The summed E-state index contributed by atoms with van der Waals surface area (Å²) in [5.41, 5.74) is 4.74. The lowest BCUT2D eigenvalue weighted by Gasteiger charge is -2.13. The molecular formula is C22H17N. The summed E-state index contributed by atoms with van der Waals surface area (Å²) in [7, 11) is 0. The maximum atomic E-state index is 3.53. The Labute approximate surface area is 136 Å². The van der Waals surface area contributed by atoms with Crippen LogP contribution in [0, 0.1) is 0 Å². The van der Waals surface area contributed by atoms with Gasteiger partial charge < -0.3 is 5.32 Å². The summed E-state index contributed by atoms with van der Waals surface area (Å²) in [4.78, 5) is 0. The van der Waals surface area contributed by atoms with Gasteiger partial charge in [-0.15, -0.1) is 0 Å². The molecular weight excluding hydrogens is 278 g/mol. The molecule has 0 saturated heterocycles. The second-order valence-corrected chi connectivity index (χ2v) is 5.56. The number of hydrogen-bond acceptors (Lipinski definition) is 1. The molecule has 4 aromatic rings. The van der Waals surface area contributed by atoms with Crippen LogP contribution in [0.15, 0.2) is 97.1 Å². The van der Waals surface area contributed by atoms with Crippen LogP contribution < -0.4 is 5.32 Å². The van der Waals surface area contributed by atoms with E-state index >= 15 is 0 Å². The van der Waals surface area contributed by atoms with E-state index in [1.807, 2.05) is 18.2 Å². The first-order valence-electron chi connectivity index (χ1n) is 7.81. The molecule has 4 aromatic carbocycles. The van der Waals surface area contributed by atoms with E-state index in [4.69, 9.17) is 0 Å². The first kappa shape index (κ1) is 13.6. The summed E-state index contributed by atoms with van der Waals surface area (Å²) in [6.45, 7) is 0. The first-order chi connectivity index (χ1) is 11.4. The van der Waals surface area contributed by atoms with Crippen LogP contribution in [0.3, 0.4) is 0 Å². The van der Waals surface area contributed by atoms with Gasteiger partial charge in [0, 0.05) is 16.8 Å². The Morgan fingerprint density at radius 3 is 1.83 bits per heavy atom. The Hall–Kier alpha value is -3.06. The van der Waals surface area contributed by atoms with E-state index < -0.39 is 0 Å². The third kappa shape index (κ3) is 2.69. The largest absolute Gasteiger partial charge is 0.355 e. The smallest absolute Gasteiger partial charge is 0.0464 e. The normalized spacial score (nSPS) is 10.6. The van der Waals surface area contributed by atoms with Crippen molar-refractivity contribution in [3.05, 3.63) is 97.1 Å². The van der Waals surface area contributed by atoms with Crippen molar-refractivity contribution in [2.45, 2.75) is 0 Å². The summed E-state index contributed by atoms with van der Waals surface area (Å²) in [5.74, 6) is 0. The summed E-state index contributed by atoms with van der Waals surface area (Å²) in [6, 6.07) is 33.7. The van der Waals surface area contributed by atoms with Gasteiger partial charge in [-0.05, 0) is 34.7 Å². The number of fused-ring (bicyclic) bond motifs is 1. The average molecular weight is 295 g/mol. The standard InChI is InChI=1S/C22H17N/c1-3-9-17(10-4-1)19-15-16-22(21-14-8-7-13-20(19)21)23-18-11-5-2-6-12-18/h1-16,23H. The van der Waals surface area contributed by atoms with Crippen LogP contribution in [0.1, 0.15) is 0 Å². The minimum atomic E-state index is 1.10. The van der Waals surface area contributed by atoms with Crippen molar-refractivity contribution in [2.24, 2.45) is 0 Å². The lowest BCUT2D eigenvalue weighted by atomic mass is 9.97. The molecule has 0 spiro atoms. The van der Waals surface area contributed by atoms with Gasteiger partial charge in [0.15, 0.2) is 0 Å². The average Bonchev–Trinajstić information content (AvgIpc) is 2.64. The van der Waals surface area contributed by atoms with E-state index in [9.17, 15) is 0 Å². The molecule has 1 heteroatoms. The number of para-hydroxylation sites is 1. The zero-order valence-corrected chi connectivity index (χ0v) is 12.7. The Balaban J connectivity index is 1.86. The van der Waals surface area contributed by atoms with E-state index in [-0.39, 0.29) is 0 Å². The zero-order valence-electron chi connectivity index (χ0n) is 12.7. The van der Waals surface area contributed by atoms with Crippen molar-refractivity contribution in [2.75, 3.05) is 5.32 Å². The van der Waals surface area contributed by atoms with Crippen LogP contribution in [0.2, 0.25) is 0 Å². The van der Waals surface area contributed by atoms with E-state index in [2.05, 4.69) is 84.2 Å². The highest BCUT2D eigenvalue weighted by atomic mass is 14.9. The van der Waals surface area contributed by atoms with E-state index in [0.717, 1.165) is 11.4 Å². The predicted octanol–water partition coefficient (Wildman–Crippen LogP) is 6.25. The second kappa shape index (κ2) is 5.98. The third-order valence-corrected chi connectivity index (χ3v) is 4.06. The molecule has 0 aromatic heterocycles. The molecule has 0 unspecified atom stereocenters. The molecule has 0 aliphatic carbocycles. The van der Waals surface area contributed by atoms with Crippen molar-refractivity contribution < 1.29 is 0 Å². The van der Waals surface area contributed by atoms with Gasteiger partial charge in [-0.3, -0.25) is 0 Å². The molecule has 110 valence electrons. The van der Waals surface area contributed by atoms with E-state index in [1.165, 1.54) is 21.9 Å². The van der Waals surface area contributed by atoms with Crippen LogP contribution in [0.5, 0.6) is 0 Å². The summed E-state index contributed by atoms with van der Waals surface area (Å²) < 4.78 is 0. The summed E-state index contributed by atoms with van der Waals surface area (Å²) in [5, 5.41) is 6.02. The van der Waals surface area contributed by atoms with E-state index in [0.29, 0.717) is 0 Å². The fourth-order valence-corrected chi connectivity index (χ4v) is 2.95. The first-order valence-corrected chi connectivity index (χ1v) is 7.81. The van der Waals surface area contributed by atoms with Crippen LogP contribution in [0.4, 0.5) is 11.4 Å². The zero-order chi connectivity index (χ0) is 15.5. The maximum absolute atomic E-state index is 3.53. The van der Waals surface area contributed by atoms with Gasteiger partial charge in [0.05, 0.1) is 0 Å². The third-order valence-electron chi connectivity index (χ3n) is 4.06.